The molecule has 1 unspecified atom stereocenters. The van der Waals surface area contributed by atoms with Gasteiger partial charge in [0.05, 0.1) is 11.6 Å². The molecule has 0 saturated carbocycles. The first-order valence-electron chi connectivity index (χ1n) is 9.37. The summed E-state index contributed by atoms with van der Waals surface area (Å²) in [6.07, 6.45) is -3.84. The van der Waals surface area contributed by atoms with Crippen LogP contribution in [0.4, 0.5) is 26.3 Å². The van der Waals surface area contributed by atoms with Crippen LogP contribution < -0.4 is 4.74 Å². The van der Waals surface area contributed by atoms with E-state index in [0.29, 0.717) is 30.5 Å². The number of alkyl halides is 3. The Morgan fingerprint density at radius 1 is 0.806 bits per heavy atom. The van der Waals surface area contributed by atoms with Crippen LogP contribution in [0.15, 0.2) is 65.7 Å². The zero-order valence-electron chi connectivity index (χ0n) is 15.9. The highest BCUT2D eigenvalue weighted by molar-refractivity contribution is 6.02. The van der Waals surface area contributed by atoms with E-state index >= 15 is 0 Å². The lowest BCUT2D eigenvalue weighted by atomic mass is 9.99. The van der Waals surface area contributed by atoms with Crippen LogP contribution in [0, 0.1) is 17.5 Å². The summed E-state index contributed by atoms with van der Waals surface area (Å²) in [7, 11) is 0. The fourth-order valence-electron chi connectivity index (χ4n) is 3.59. The van der Waals surface area contributed by atoms with E-state index in [9.17, 15) is 26.3 Å². The lowest BCUT2D eigenvalue weighted by molar-refractivity contribution is -0.274. The van der Waals surface area contributed by atoms with Crippen LogP contribution >= 0.6 is 0 Å². The maximum Gasteiger partial charge on any atom is 0.573 e. The second kappa shape index (κ2) is 8.09. The molecule has 1 aliphatic heterocycles. The van der Waals surface area contributed by atoms with Crippen molar-refractivity contribution >= 4 is 5.71 Å². The van der Waals surface area contributed by atoms with Crippen molar-refractivity contribution in [2.24, 2.45) is 4.99 Å². The van der Waals surface area contributed by atoms with Gasteiger partial charge in [-0.3, -0.25) is 4.99 Å². The molecule has 0 fully saturated rings. The number of benzene rings is 3. The zero-order chi connectivity index (χ0) is 22.2. The fourth-order valence-corrected chi connectivity index (χ4v) is 3.59. The number of hydrogen-bond donors (Lipinski definition) is 0. The summed E-state index contributed by atoms with van der Waals surface area (Å²) >= 11 is 0. The van der Waals surface area contributed by atoms with Crippen molar-refractivity contribution in [3.8, 4) is 16.9 Å². The molecule has 3 aromatic rings. The Hall–Kier alpha value is -3.29. The van der Waals surface area contributed by atoms with E-state index in [0.717, 1.165) is 11.1 Å². The smallest absolute Gasteiger partial charge is 0.406 e. The number of ether oxygens (including phenoxy) is 1. The predicted octanol–water partition coefficient (Wildman–Crippen LogP) is 6.99. The lowest BCUT2D eigenvalue weighted by Crippen LogP contribution is -2.16. The molecular formula is C23H15F6NO. The van der Waals surface area contributed by atoms with E-state index < -0.39 is 23.8 Å². The van der Waals surface area contributed by atoms with Gasteiger partial charge in [0.25, 0.3) is 0 Å². The van der Waals surface area contributed by atoms with E-state index in [4.69, 9.17) is 0 Å². The molecule has 31 heavy (non-hydrogen) atoms. The molecule has 0 radical (unpaired) electrons. The molecule has 3 aromatic carbocycles. The van der Waals surface area contributed by atoms with Crippen LogP contribution in [0.5, 0.6) is 5.75 Å². The van der Waals surface area contributed by atoms with Crippen molar-refractivity contribution in [1.29, 1.82) is 0 Å². The predicted molar refractivity (Wildman–Crippen MR) is 103 cm³/mol. The normalized spacial score (nSPS) is 16.3. The largest absolute Gasteiger partial charge is 0.573 e. The summed E-state index contributed by atoms with van der Waals surface area (Å²) in [6, 6.07) is 13.7. The van der Waals surface area contributed by atoms with E-state index in [1.54, 1.807) is 12.1 Å². The van der Waals surface area contributed by atoms with Gasteiger partial charge in [0, 0.05) is 17.8 Å². The second-order valence-corrected chi connectivity index (χ2v) is 7.07. The Labute approximate surface area is 173 Å². The summed E-state index contributed by atoms with van der Waals surface area (Å²) in [5.41, 5.74) is 2.26. The molecule has 1 aliphatic rings. The van der Waals surface area contributed by atoms with Crippen LogP contribution in [0.25, 0.3) is 11.1 Å². The van der Waals surface area contributed by atoms with E-state index in [1.807, 2.05) is 12.1 Å². The zero-order valence-corrected chi connectivity index (χ0v) is 15.9. The maximum atomic E-state index is 14.0. The van der Waals surface area contributed by atoms with E-state index in [1.165, 1.54) is 24.3 Å². The molecule has 1 heterocycles. The van der Waals surface area contributed by atoms with E-state index in [2.05, 4.69) is 9.73 Å². The first-order valence-corrected chi connectivity index (χ1v) is 9.37. The van der Waals surface area contributed by atoms with Crippen molar-refractivity contribution in [3.05, 3.63) is 89.2 Å². The molecule has 0 amide bonds. The van der Waals surface area contributed by atoms with Gasteiger partial charge in [-0.25, -0.2) is 13.2 Å². The van der Waals surface area contributed by atoms with Crippen LogP contribution in [0.1, 0.15) is 30.0 Å². The monoisotopic (exact) mass is 435 g/mol. The molecule has 0 bridgehead atoms. The summed E-state index contributed by atoms with van der Waals surface area (Å²) in [6.45, 7) is 0. The third kappa shape index (κ3) is 4.73. The Morgan fingerprint density at radius 2 is 1.35 bits per heavy atom. The minimum absolute atomic E-state index is 0.254. The molecule has 0 saturated heterocycles. The topological polar surface area (TPSA) is 21.6 Å². The quantitative estimate of drug-likeness (QED) is 0.405. The van der Waals surface area contributed by atoms with Gasteiger partial charge in [-0.2, -0.15) is 0 Å². The number of hydrogen-bond acceptors (Lipinski definition) is 2. The average Bonchev–Trinajstić information content (AvgIpc) is 3.16. The summed E-state index contributed by atoms with van der Waals surface area (Å²) in [5, 5.41) is 0. The standard InChI is InChI=1S/C23H15F6NO/c24-16-11-18(25)22(19(26)12-16)21-10-9-20(30-21)15-3-1-13(2-4-15)14-5-7-17(8-6-14)31-23(27,28)29/h1-8,11-12,20H,9-10H2. The van der Waals surface area contributed by atoms with Gasteiger partial charge in [-0.05, 0) is 41.7 Å². The van der Waals surface area contributed by atoms with Crippen molar-refractivity contribution < 1.29 is 31.1 Å². The molecule has 8 heteroatoms. The third-order valence-corrected chi connectivity index (χ3v) is 4.98. The highest BCUT2D eigenvalue weighted by Crippen LogP contribution is 2.34. The number of halogens is 6. The molecule has 0 aromatic heterocycles. The first-order chi connectivity index (χ1) is 14.7. The summed E-state index contributed by atoms with van der Waals surface area (Å²) in [4.78, 5) is 4.42. The Balaban J connectivity index is 1.51. The molecular weight excluding hydrogens is 420 g/mol. The summed E-state index contributed by atoms with van der Waals surface area (Å²) < 4.78 is 81.8. The van der Waals surface area contributed by atoms with Gasteiger partial charge in [0.2, 0.25) is 0 Å². The first kappa shape index (κ1) is 21.0. The minimum Gasteiger partial charge on any atom is -0.406 e. The highest BCUT2D eigenvalue weighted by Gasteiger charge is 2.31. The number of aliphatic imine (C=N–C) groups is 1. The molecule has 4 rings (SSSR count). The minimum atomic E-state index is -4.75. The fraction of sp³-hybridized carbons (Fsp3) is 0.174. The summed E-state index contributed by atoms with van der Waals surface area (Å²) in [5.74, 6) is -3.25. The third-order valence-electron chi connectivity index (χ3n) is 4.98. The molecule has 0 N–H and O–H groups in total. The van der Waals surface area contributed by atoms with Gasteiger partial charge in [-0.15, -0.1) is 13.2 Å². The van der Waals surface area contributed by atoms with Crippen molar-refractivity contribution in [2.75, 3.05) is 0 Å². The van der Waals surface area contributed by atoms with Gasteiger partial charge in [0.15, 0.2) is 0 Å². The maximum absolute atomic E-state index is 14.0. The lowest BCUT2D eigenvalue weighted by Gasteiger charge is -2.10. The van der Waals surface area contributed by atoms with Crippen LogP contribution in [0.2, 0.25) is 0 Å². The number of nitrogens with zero attached hydrogens (tertiary/aromatic N) is 1. The van der Waals surface area contributed by atoms with Crippen LogP contribution in [-0.4, -0.2) is 12.1 Å². The second-order valence-electron chi connectivity index (χ2n) is 7.07. The Bertz CT molecular complexity index is 1100. The van der Waals surface area contributed by atoms with Crippen LogP contribution in [0.3, 0.4) is 0 Å². The van der Waals surface area contributed by atoms with Crippen molar-refractivity contribution in [3.63, 3.8) is 0 Å². The SMILES string of the molecule is Fc1cc(F)c(C2=NC(c3ccc(-c4ccc(OC(F)(F)F)cc4)cc3)CC2)c(F)c1. The molecule has 0 aliphatic carbocycles. The van der Waals surface area contributed by atoms with Gasteiger partial charge < -0.3 is 4.74 Å². The molecule has 0 spiro atoms. The molecule has 1 atom stereocenters. The molecule has 2 nitrogen and oxygen atoms in total. The van der Waals surface area contributed by atoms with Crippen molar-refractivity contribution in [1.82, 2.24) is 0 Å². The Kier molecular flexibility index (Phi) is 5.47. The van der Waals surface area contributed by atoms with Gasteiger partial charge >= 0.3 is 6.36 Å². The highest BCUT2D eigenvalue weighted by atomic mass is 19.4. The number of rotatable bonds is 4. The van der Waals surface area contributed by atoms with Gasteiger partial charge in [-0.1, -0.05) is 36.4 Å². The average molecular weight is 435 g/mol. The van der Waals surface area contributed by atoms with Gasteiger partial charge in [0.1, 0.15) is 23.2 Å². The molecule has 160 valence electrons. The van der Waals surface area contributed by atoms with Crippen LogP contribution in [-0.2, 0) is 0 Å². The van der Waals surface area contributed by atoms with Crippen molar-refractivity contribution in [2.45, 2.75) is 25.2 Å². The Morgan fingerprint density at radius 3 is 1.90 bits per heavy atom. The van der Waals surface area contributed by atoms with E-state index in [-0.39, 0.29) is 23.1 Å².